The fraction of sp³-hybridized carbons (Fsp3) is 0.167. The molecule has 0 bridgehead atoms. The Morgan fingerprint density at radius 2 is 1.91 bits per heavy atom. The van der Waals surface area contributed by atoms with Crippen molar-refractivity contribution in [3.05, 3.63) is 99.6 Å². The van der Waals surface area contributed by atoms with E-state index in [9.17, 15) is 20.2 Å². The summed E-state index contributed by atoms with van der Waals surface area (Å²) in [6, 6.07) is 22.5. The van der Waals surface area contributed by atoms with Crippen molar-refractivity contribution in [2.75, 3.05) is 11.9 Å². The second-order valence-corrected chi connectivity index (χ2v) is 7.46. The first-order chi connectivity index (χ1) is 15.5. The summed E-state index contributed by atoms with van der Waals surface area (Å²) in [7, 11) is 0. The van der Waals surface area contributed by atoms with E-state index in [0.29, 0.717) is 18.5 Å². The van der Waals surface area contributed by atoms with Crippen molar-refractivity contribution in [2.45, 2.75) is 19.0 Å². The molecule has 0 fully saturated rings. The van der Waals surface area contributed by atoms with Crippen LogP contribution in [0.25, 0.3) is 0 Å². The van der Waals surface area contributed by atoms with Gasteiger partial charge in [0.2, 0.25) is 0 Å². The minimum absolute atomic E-state index is 0.0799. The fourth-order valence-electron chi connectivity index (χ4n) is 3.69. The number of carbonyl (C=O) groups excluding carboxylic acids is 1. The van der Waals surface area contributed by atoms with Crippen LogP contribution in [0.2, 0.25) is 0 Å². The van der Waals surface area contributed by atoms with Gasteiger partial charge in [-0.05, 0) is 47.9 Å². The molecule has 8 heteroatoms. The third kappa shape index (κ3) is 4.68. The van der Waals surface area contributed by atoms with Gasteiger partial charge in [-0.1, -0.05) is 30.3 Å². The van der Waals surface area contributed by atoms with Gasteiger partial charge in [0.15, 0.2) is 0 Å². The molecule has 32 heavy (non-hydrogen) atoms. The molecule has 1 aliphatic rings. The number of nitriles is 1. The highest BCUT2D eigenvalue weighted by Crippen LogP contribution is 2.27. The Morgan fingerprint density at radius 1 is 1.16 bits per heavy atom. The zero-order chi connectivity index (χ0) is 22.5. The first kappa shape index (κ1) is 20.9. The van der Waals surface area contributed by atoms with Crippen molar-refractivity contribution in [3.63, 3.8) is 0 Å². The van der Waals surface area contributed by atoms with Crippen LogP contribution in [0.1, 0.15) is 16.7 Å². The molecule has 1 N–H and O–H groups in total. The summed E-state index contributed by atoms with van der Waals surface area (Å²) in [5, 5.41) is 23.5. The highest BCUT2D eigenvalue weighted by Gasteiger charge is 2.29. The topological polar surface area (TPSA) is 108 Å². The number of nitrogens with zero attached hydrogens (tertiary/aromatic N) is 3. The smallest absolute Gasteiger partial charge is 0.410 e. The number of rotatable bonds is 4. The third-order valence-electron chi connectivity index (χ3n) is 5.35. The quantitative estimate of drug-likeness (QED) is 0.484. The van der Waals surface area contributed by atoms with Gasteiger partial charge in [0.1, 0.15) is 5.75 Å². The monoisotopic (exact) mass is 428 g/mol. The zero-order valence-corrected chi connectivity index (χ0v) is 17.1. The number of non-ortho nitro benzene ring substituents is 1. The van der Waals surface area contributed by atoms with Crippen LogP contribution >= 0.6 is 0 Å². The van der Waals surface area contributed by atoms with Crippen LogP contribution in [0.15, 0.2) is 72.8 Å². The highest BCUT2D eigenvalue weighted by molar-refractivity contribution is 5.72. The second kappa shape index (κ2) is 9.18. The number of benzene rings is 3. The minimum atomic E-state index is -0.559. The standard InChI is InChI=1S/C24H20N4O4/c25-14-18-6-11-23-19(12-18)16-27(21(15-26-23)13-17-4-2-1-3-5-17)24(29)32-22-9-7-20(8-10-22)28(30)31/h1-12,21,26H,13,15-16H2. The lowest BCUT2D eigenvalue weighted by atomic mass is 10.0. The Bertz CT molecular complexity index is 1170. The summed E-state index contributed by atoms with van der Waals surface area (Å²) in [6.45, 7) is 0.768. The molecule has 1 aliphatic heterocycles. The molecule has 0 radical (unpaired) electrons. The number of hydrogen-bond donors (Lipinski definition) is 1. The van der Waals surface area contributed by atoms with Gasteiger partial charge < -0.3 is 10.1 Å². The molecule has 1 amide bonds. The Morgan fingerprint density at radius 3 is 2.59 bits per heavy atom. The summed E-state index contributed by atoms with van der Waals surface area (Å²) in [6.07, 6.45) is 0.0549. The van der Waals surface area contributed by atoms with E-state index < -0.39 is 11.0 Å². The van der Waals surface area contributed by atoms with Crippen LogP contribution in [0.4, 0.5) is 16.2 Å². The number of fused-ring (bicyclic) bond motifs is 1. The number of ether oxygens (including phenoxy) is 1. The summed E-state index contributed by atoms with van der Waals surface area (Å²) in [5.41, 5.74) is 3.20. The van der Waals surface area contributed by atoms with Crippen LogP contribution in [0.5, 0.6) is 5.75 Å². The lowest BCUT2D eigenvalue weighted by Gasteiger charge is -2.29. The first-order valence-corrected chi connectivity index (χ1v) is 10.1. The van der Waals surface area contributed by atoms with Gasteiger partial charge in [0.05, 0.1) is 29.1 Å². The van der Waals surface area contributed by atoms with Crippen molar-refractivity contribution in [1.82, 2.24) is 4.90 Å². The molecule has 0 aliphatic carbocycles. The van der Waals surface area contributed by atoms with E-state index in [1.165, 1.54) is 24.3 Å². The lowest BCUT2D eigenvalue weighted by molar-refractivity contribution is -0.384. The summed E-state index contributed by atoms with van der Waals surface area (Å²) >= 11 is 0. The van der Waals surface area contributed by atoms with Crippen LogP contribution in [0.3, 0.4) is 0 Å². The maximum atomic E-state index is 13.2. The van der Waals surface area contributed by atoms with Crippen LogP contribution in [-0.4, -0.2) is 28.5 Å². The molecule has 4 rings (SSSR count). The van der Waals surface area contributed by atoms with Gasteiger partial charge in [0.25, 0.3) is 5.69 Å². The molecule has 0 aromatic heterocycles. The number of nitro benzene ring substituents is 1. The molecule has 160 valence electrons. The molecule has 0 spiro atoms. The number of nitrogens with one attached hydrogen (secondary N) is 1. The predicted octanol–water partition coefficient (Wildman–Crippen LogP) is 4.50. The molecular weight excluding hydrogens is 408 g/mol. The normalized spacial score (nSPS) is 15.0. The molecule has 8 nitrogen and oxygen atoms in total. The van der Waals surface area contributed by atoms with Gasteiger partial charge in [-0.2, -0.15) is 5.26 Å². The van der Waals surface area contributed by atoms with Crippen LogP contribution < -0.4 is 10.1 Å². The maximum Gasteiger partial charge on any atom is 0.415 e. The van der Waals surface area contributed by atoms with E-state index >= 15 is 0 Å². The van der Waals surface area contributed by atoms with E-state index in [0.717, 1.165) is 16.8 Å². The average molecular weight is 428 g/mol. The van der Waals surface area contributed by atoms with Crippen LogP contribution in [-0.2, 0) is 13.0 Å². The average Bonchev–Trinajstić information content (AvgIpc) is 2.99. The van der Waals surface area contributed by atoms with E-state index in [-0.39, 0.29) is 24.0 Å². The molecule has 3 aromatic carbocycles. The van der Waals surface area contributed by atoms with E-state index in [2.05, 4.69) is 11.4 Å². The molecule has 0 saturated heterocycles. The van der Waals surface area contributed by atoms with Gasteiger partial charge in [-0.15, -0.1) is 0 Å². The van der Waals surface area contributed by atoms with E-state index in [4.69, 9.17) is 4.74 Å². The lowest BCUT2D eigenvalue weighted by Crippen LogP contribution is -2.44. The SMILES string of the molecule is N#Cc1ccc2c(c1)CN(C(=O)Oc1ccc([N+](=O)[O-])cc1)C(Cc1ccccc1)CN2. The van der Waals surface area contributed by atoms with Gasteiger partial charge in [-0.3, -0.25) is 15.0 Å². The second-order valence-electron chi connectivity index (χ2n) is 7.46. The minimum Gasteiger partial charge on any atom is -0.410 e. The molecule has 1 unspecified atom stereocenters. The zero-order valence-electron chi connectivity index (χ0n) is 17.1. The predicted molar refractivity (Wildman–Crippen MR) is 118 cm³/mol. The number of carbonyl (C=O) groups is 1. The summed E-state index contributed by atoms with van der Waals surface area (Å²) in [4.78, 5) is 25.2. The molecule has 3 aromatic rings. The van der Waals surface area contributed by atoms with Crippen molar-refractivity contribution in [3.8, 4) is 11.8 Å². The molecule has 0 saturated carbocycles. The van der Waals surface area contributed by atoms with Gasteiger partial charge in [-0.25, -0.2) is 4.79 Å². The van der Waals surface area contributed by atoms with E-state index in [1.807, 2.05) is 36.4 Å². The first-order valence-electron chi connectivity index (χ1n) is 10.1. The summed E-state index contributed by atoms with van der Waals surface area (Å²) < 4.78 is 5.56. The molecular formula is C24H20N4O4. The molecule has 1 atom stereocenters. The number of amides is 1. The summed E-state index contributed by atoms with van der Waals surface area (Å²) in [5.74, 6) is 0.224. The molecule has 1 heterocycles. The number of hydrogen-bond acceptors (Lipinski definition) is 6. The van der Waals surface area contributed by atoms with E-state index in [1.54, 1.807) is 17.0 Å². The largest absolute Gasteiger partial charge is 0.415 e. The fourth-order valence-corrected chi connectivity index (χ4v) is 3.69. The Kier molecular flexibility index (Phi) is 5.99. The Hall–Kier alpha value is -4.38. The van der Waals surface area contributed by atoms with Crippen molar-refractivity contribution < 1.29 is 14.5 Å². The van der Waals surface area contributed by atoms with Gasteiger partial charge in [0, 0.05) is 24.4 Å². The van der Waals surface area contributed by atoms with Crippen LogP contribution in [0, 0.1) is 21.4 Å². The van der Waals surface area contributed by atoms with Crippen molar-refractivity contribution >= 4 is 17.5 Å². The van der Waals surface area contributed by atoms with Gasteiger partial charge >= 0.3 is 6.09 Å². The number of anilines is 1. The van der Waals surface area contributed by atoms with Crippen molar-refractivity contribution in [1.29, 1.82) is 5.26 Å². The van der Waals surface area contributed by atoms with Crippen molar-refractivity contribution in [2.24, 2.45) is 0 Å². The Labute approximate surface area is 184 Å². The highest BCUT2D eigenvalue weighted by atomic mass is 16.6. The third-order valence-corrected chi connectivity index (χ3v) is 5.35. The Balaban J connectivity index is 1.61. The number of nitro groups is 1. The maximum absolute atomic E-state index is 13.2.